The number of aromatic carboxylic acids is 1. The summed E-state index contributed by atoms with van der Waals surface area (Å²) in [5.74, 6) is -5.17. The molecule has 7 nitrogen and oxygen atoms in total. The normalized spacial score (nSPS) is 14.3. The highest BCUT2D eigenvalue weighted by atomic mass is 19.2. The van der Waals surface area contributed by atoms with Crippen molar-refractivity contribution in [3.8, 4) is 0 Å². The third-order valence-corrected chi connectivity index (χ3v) is 5.14. The topological polar surface area (TPSA) is 90.9 Å². The first kappa shape index (κ1) is 22.6. The predicted molar refractivity (Wildman–Crippen MR) is 112 cm³/mol. The molecule has 1 aliphatic rings. The number of carboxylic acid groups (broad SMARTS) is 1. The lowest BCUT2D eigenvalue weighted by Gasteiger charge is -2.26. The second kappa shape index (κ2) is 9.84. The smallest absolute Gasteiger partial charge is 0.337 e. The standard InChI is InChI=1S/C22H25F2N3O4/c1-13-3-4-17(14(2)11-13)26-20-16(22(29)30)12-15(18(23)19(20)24)21(28)25-5-6-27-7-9-31-10-8-27/h3-4,11-12,26H,5-10H2,1-2H3,(H,25,28)(H,29,30). The molecule has 1 saturated heterocycles. The first-order valence-corrected chi connectivity index (χ1v) is 9.95. The van der Waals surface area contributed by atoms with Crippen LogP contribution in [0.2, 0.25) is 0 Å². The zero-order valence-electron chi connectivity index (χ0n) is 17.4. The van der Waals surface area contributed by atoms with Crippen LogP contribution in [-0.2, 0) is 4.74 Å². The van der Waals surface area contributed by atoms with Crippen molar-refractivity contribution in [1.29, 1.82) is 0 Å². The van der Waals surface area contributed by atoms with Gasteiger partial charge in [-0.15, -0.1) is 0 Å². The van der Waals surface area contributed by atoms with E-state index in [9.17, 15) is 23.5 Å². The van der Waals surface area contributed by atoms with Gasteiger partial charge in [-0.2, -0.15) is 0 Å². The Bertz CT molecular complexity index is 991. The first-order chi connectivity index (χ1) is 14.8. The Balaban J connectivity index is 1.82. The highest BCUT2D eigenvalue weighted by molar-refractivity contribution is 6.01. The summed E-state index contributed by atoms with van der Waals surface area (Å²) in [6.45, 7) is 7.03. The highest BCUT2D eigenvalue weighted by Gasteiger charge is 2.26. The van der Waals surface area contributed by atoms with Gasteiger partial charge in [0.05, 0.1) is 30.0 Å². The first-order valence-electron chi connectivity index (χ1n) is 9.95. The molecule has 0 unspecified atom stereocenters. The number of nitrogens with one attached hydrogen (secondary N) is 2. The molecule has 0 radical (unpaired) electrons. The fourth-order valence-electron chi connectivity index (χ4n) is 3.42. The molecule has 1 amide bonds. The number of aryl methyl sites for hydroxylation is 2. The van der Waals surface area contributed by atoms with Gasteiger partial charge in [-0.05, 0) is 31.5 Å². The molecule has 1 fully saturated rings. The van der Waals surface area contributed by atoms with Crippen molar-refractivity contribution < 1.29 is 28.2 Å². The summed E-state index contributed by atoms with van der Waals surface area (Å²) in [6.07, 6.45) is 0. The summed E-state index contributed by atoms with van der Waals surface area (Å²) in [6, 6.07) is 6.10. The quantitative estimate of drug-likeness (QED) is 0.622. The predicted octanol–water partition coefficient (Wildman–Crippen LogP) is 3.09. The molecule has 166 valence electrons. The average Bonchev–Trinajstić information content (AvgIpc) is 2.73. The molecule has 0 atom stereocenters. The minimum absolute atomic E-state index is 0.213. The van der Waals surface area contributed by atoms with E-state index in [1.165, 1.54) is 0 Å². The van der Waals surface area contributed by atoms with E-state index in [1.54, 1.807) is 19.1 Å². The summed E-state index contributed by atoms with van der Waals surface area (Å²) < 4.78 is 34.8. The second-order valence-corrected chi connectivity index (χ2v) is 7.43. The number of nitrogens with zero attached hydrogens (tertiary/aromatic N) is 1. The molecule has 0 bridgehead atoms. The van der Waals surface area contributed by atoms with E-state index in [0.29, 0.717) is 25.4 Å². The Morgan fingerprint density at radius 1 is 1.10 bits per heavy atom. The van der Waals surface area contributed by atoms with Gasteiger partial charge in [-0.3, -0.25) is 9.69 Å². The van der Waals surface area contributed by atoms with Gasteiger partial charge in [0.25, 0.3) is 5.91 Å². The molecule has 3 rings (SSSR count). The number of rotatable bonds is 7. The summed E-state index contributed by atoms with van der Waals surface area (Å²) >= 11 is 0. The van der Waals surface area contributed by atoms with Gasteiger partial charge in [0.1, 0.15) is 0 Å². The van der Waals surface area contributed by atoms with Gasteiger partial charge < -0.3 is 20.5 Å². The SMILES string of the molecule is Cc1ccc(Nc2c(C(=O)O)cc(C(=O)NCCN3CCOCC3)c(F)c2F)c(C)c1. The zero-order valence-corrected chi connectivity index (χ0v) is 17.4. The average molecular weight is 433 g/mol. The Morgan fingerprint density at radius 3 is 2.45 bits per heavy atom. The Kier molecular flexibility index (Phi) is 7.19. The molecule has 0 aliphatic carbocycles. The molecular weight excluding hydrogens is 408 g/mol. The lowest BCUT2D eigenvalue weighted by molar-refractivity contribution is 0.0383. The Hall–Kier alpha value is -3.04. The molecule has 2 aromatic rings. The van der Waals surface area contributed by atoms with Crippen molar-refractivity contribution in [1.82, 2.24) is 10.2 Å². The van der Waals surface area contributed by atoms with Crippen LogP contribution < -0.4 is 10.6 Å². The number of carbonyl (C=O) groups excluding carboxylic acids is 1. The number of anilines is 2. The van der Waals surface area contributed by atoms with Crippen LogP contribution in [0.3, 0.4) is 0 Å². The molecule has 0 aromatic heterocycles. The number of carbonyl (C=O) groups is 2. The lowest BCUT2D eigenvalue weighted by atomic mass is 10.0. The number of benzene rings is 2. The number of amides is 1. The molecule has 9 heteroatoms. The number of carboxylic acids is 1. The Morgan fingerprint density at radius 2 is 1.81 bits per heavy atom. The van der Waals surface area contributed by atoms with Crippen LogP contribution >= 0.6 is 0 Å². The number of halogens is 2. The zero-order chi connectivity index (χ0) is 22.5. The second-order valence-electron chi connectivity index (χ2n) is 7.43. The lowest BCUT2D eigenvalue weighted by Crippen LogP contribution is -2.41. The molecule has 2 aromatic carbocycles. The van der Waals surface area contributed by atoms with E-state index in [1.807, 2.05) is 13.0 Å². The maximum absolute atomic E-state index is 14.8. The maximum Gasteiger partial charge on any atom is 0.337 e. The summed E-state index contributed by atoms with van der Waals surface area (Å²) in [7, 11) is 0. The van der Waals surface area contributed by atoms with E-state index >= 15 is 0 Å². The van der Waals surface area contributed by atoms with E-state index in [4.69, 9.17) is 4.74 Å². The van der Waals surface area contributed by atoms with Crippen LogP contribution in [0.5, 0.6) is 0 Å². The third-order valence-electron chi connectivity index (χ3n) is 5.14. The highest BCUT2D eigenvalue weighted by Crippen LogP contribution is 2.30. The summed E-state index contributed by atoms with van der Waals surface area (Å²) in [5, 5.41) is 14.7. The largest absolute Gasteiger partial charge is 0.478 e. The van der Waals surface area contributed by atoms with Crippen LogP contribution in [0.4, 0.5) is 20.2 Å². The van der Waals surface area contributed by atoms with E-state index in [2.05, 4.69) is 15.5 Å². The van der Waals surface area contributed by atoms with Crippen LogP contribution in [0.25, 0.3) is 0 Å². The third kappa shape index (κ3) is 5.36. The maximum atomic E-state index is 14.8. The number of hydrogen-bond donors (Lipinski definition) is 3. The molecule has 3 N–H and O–H groups in total. The van der Waals surface area contributed by atoms with Crippen molar-refractivity contribution in [2.45, 2.75) is 13.8 Å². The Labute approximate surface area is 179 Å². The van der Waals surface area contributed by atoms with E-state index in [-0.39, 0.29) is 6.54 Å². The van der Waals surface area contributed by atoms with Gasteiger partial charge in [0.15, 0.2) is 11.6 Å². The van der Waals surface area contributed by atoms with Gasteiger partial charge in [-0.25, -0.2) is 13.6 Å². The van der Waals surface area contributed by atoms with Crippen molar-refractivity contribution in [3.63, 3.8) is 0 Å². The van der Waals surface area contributed by atoms with Crippen molar-refractivity contribution in [2.75, 3.05) is 44.7 Å². The molecule has 1 aliphatic heterocycles. The van der Waals surface area contributed by atoms with Crippen molar-refractivity contribution in [3.05, 3.63) is 58.2 Å². The number of morpholine rings is 1. The monoisotopic (exact) mass is 433 g/mol. The molecule has 1 heterocycles. The fraction of sp³-hybridized carbons (Fsp3) is 0.364. The van der Waals surface area contributed by atoms with Crippen LogP contribution in [-0.4, -0.2) is 61.3 Å². The summed E-state index contributed by atoms with van der Waals surface area (Å²) in [4.78, 5) is 26.2. The van der Waals surface area contributed by atoms with Crippen molar-refractivity contribution >= 4 is 23.3 Å². The molecule has 31 heavy (non-hydrogen) atoms. The minimum Gasteiger partial charge on any atom is -0.478 e. The van der Waals surface area contributed by atoms with Gasteiger partial charge >= 0.3 is 5.97 Å². The minimum atomic E-state index is -1.48. The van der Waals surface area contributed by atoms with E-state index < -0.39 is 40.3 Å². The van der Waals surface area contributed by atoms with Gasteiger partial charge in [-0.1, -0.05) is 17.7 Å². The molecule has 0 saturated carbocycles. The van der Waals surface area contributed by atoms with Gasteiger partial charge in [0, 0.05) is 31.9 Å². The summed E-state index contributed by atoms with van der Waals surface area (Å²) in [5.41, 5.74) is 0.439. The fourth-order valence-corrected chi connectivity index (χ4v) is 3.42. The number of hydrogen-bond acceptors (Lipinski definition) is 5. The molecule has 0 spiro atoms. The van der Waals surface area contributed by atoms with Crippen LogP contribution in [0.15, 0.2) is 24.3 Å². The number of ether oxygens (including phenoxy) is 1. The van der Waals surface area contributed by atoms with Crippen LogP contribution in [0.1, 0.15) is 31.8 Å². The van der Waals surface area contributed by atoms with Crippen molar-refractivity contribution in [2.24, 2.45) is 0 Å². The van der Waals surface area contributed by atoms with Crippen LogP contribution in [0, 0.1) is 25.5 Å². The van der Waals surface area contributed by atoms with Gasteiger partial charge in [0.2, 0.25) is 0 Å². The molecular formula is C22H25F2N3O4. The van der Waals surface area contributed by atoms with E-state index in [0.717, 1.165) is 30.3 Å².